The van der Waals surface area contributed by atoms with Gasteiger partial charge in [0.2, 0.25) is 0 Å². The minimum absolute atomic E-state index is 0.318. The van der Waals surface area contributed by atoms with E-state index in [0.29, 0.717) is 19.3 Å². The predicted molar refractivity (Wildman–Crippen MR) is 83.8 cm³/mol. The molecule has 2 unspecified atom stereocenters. The maximum absolute atomic E-state index is 12.5. The van der Waals surface area contributed by atoms with Gasteiger partial charge in [-0.1, -0.05) is 36.8 Å². The van der Waals surface area contributed by atoms with Gasteiger partial charge in [0.05, 0.1) is 6.04 Å². The lowest BCUT2D eigenvalue weighted by Crippen LogP contribution is -2.46. The van der Waals surface area contributed by atoms with Gasteiger partial charge < -0.3 is 10.1 Å². The largest absolute Gasteiger partial charge is 0.453 e. The summed E-state index contributed by atoms with van der Waals surface area (Å²) in [6, 6.07) is 9.33. The molecule has 0 bridgehead atoms. The maximum atomic E-state index is 12.5. The third-order valence-electron chi connectivity index (χ3n) is 4.57. The first-order valence-corrected chi connectivity index (χ1v) is 8.22. The number of aryl methyl sites for hydroxylation is 1. The van der Waals surface area contributed by atoms with Crippen molar-refractivity contribution >= 4 is 17.5 Å². The Bertz CT molecular complexity index is 592. The van der Waals surface area contributed by atoms with Crippen molar-refractivity contribution in [1.82, 2.24) is 5.32 Å². The summed E-state index contributed by atoms with van der Waals surface area (Å²) in [6.07, 6.45) is 2.93. The molecule has 2 aliphatic rings. The summed E-state index contributed by atoms with van der Waals surface area (Å²) < 4.78 is 5.18. The lowest BCUT2D eigenvalue weighted by atomic mass is 9.88. The molecule has 122 valence electrons. The van der Waals surface area contributed by atoms with Gasteiger partial charge in [-0.05, 0) is 37.8 Å². The van der Waals surface area contributed by atoms with Gasteiger partial charge in [0.15, 0.2) is 23.6 Å². The number of ether oxygens (including phenoxy) is 1. The molecule has 1 N–H and O–H groups in total. The number of hydrogen-bond acceptors (Lipinski definition) is 5. The second kappa shape index (κ2) is 7.04. The number of nitrogens with one attached hydrogen (secondary N) is 1. The van der Waals surface area contributed by atoms with Crippen molar-refractivity contribution < 1.29 is 19.1 Å². The molecule has 5 nitrogen and oxygen atoms in total. The molecule has 3 rings (SSSR count). The zero-order valence-electron chi connectivity index (χ0n) is 13.0. The van der Waals surface area contributed by atoms with Crippen LogP contribution in [-0.4, -0.2) is 36.2 Å². The molecule has 2 saturated heterocycles. The van der Waals surface area contributed by atoms with Gasteiger partial charge in [-0.15, -0.1) is 0 Å². The predicted octanol–water partition coefficient (Wildman–Crippen LogP) is 1.44. The average molecular weight is 315 g/mol. The summed E-state index contributed by atoms with van der Waals surface area (Å²) >= 11 is 0. The fourth-order valence-corrected chi connectivity index (χ4v) is 3.26. The first-order chi connectivity index (χ1) is 11.2. The van der Waals surface area contributed by atoms with Crippen LogP contribution in [0, 0.1) is 5.92 Å². The normalized spacial score (nSPS) is 27.7. The molecular formula is C18H21NO4. The second-order valence-electron chi connectivity index (χ2n) is 6.19. The number of ketones is 2. The van der Waals surface area contributed by atoms with Crippen molar-refractivity contribution in [2.24, 2.45) is 5.92 Å². The number of carbonyl (C=O) groups is 3. The van der Waals surface area contributed by atoms with Gasteiger partial charge in [-0.3, -0.25) is 14.4 Å². The Morgan fingerprint density at radius 3 is 2.65 bits per heavy atom. The fraction of sp³-hybridized carbons (Fsp3) is 0.500. The monoisotopic (exact) mass is 315 g/mol. The van der Waals surface area contributed by atoms with Crippen LogP contribution in [0.1, 0.15) is 31.2 Å². The Kier molecular flexibility index (Phi) is 4.86. The van der Waals surface area contributed by atoms with Crippen molar-refractivity contribution in [3.05, 3.63) is 35.9 Å². The number of esters is 1. The highest BCUT2D eigenvalue weighted by Gasteiger charge is 2.49. The van der Waals surface area contributed by atoms with E-state index in [1.165, 1.54) is 0 Å². The summed E-state index contributed by atoms with van der Waals surface area (Å²) in [5.74, 6) is -2.60. The van der Waals surface area contributed by atoms with Crippen LogP contribution in [0.4, 0.5) is 0 Å². The quantitative estimate of drug-likeness (QED) is 0.657. The van der Waals surface area contributed by atoms with E-state index in [1.807, 2.05) is 30.3 Å². The number of hydrogen-bond donors (Lipinski definition) is 1. The Morgan fingerprint density at radius 1 is 1.17 bits per heavy atom. The van der Waals surface area contributed by atoms with Crippen LogP contribution in [0.2, 0.25) is 0 Å². The summed E-state index contributed by atoms with van der Waals surface area (Å²) in [5.41, 5.74) is 1.08. The van der Waals surface area contributed by atoms with Crippen LogP contribution < -0.4 is 5.32 Å². The first-order valence-electron chi connectivity index (χ1n) is 8.22. The van der Waals surface area contributed by atoms with E-state index >= 15 is 0 Å². The topological polar surface area (TPSA) is 72.5 Å². The van der Waals surface area contributed by atoms with Crippen LogP contribution in [0.15, 0.2) is 30.3 Å². The van der Waals surface area contributed by atoms with E-state index in [-0.39, 0.29) is 11.6 Å². The number of carbonyl (C=O) groups excluding carboxylic acids is 3. The highest BCUT2D eigenvalue weighted by Crippen LogP contribution is 2.25. The zero-order chi connectivity index (χ0) is 16.2. The number of Topliss-reactive ketones (excluding diaryl/α,β-unsaturated/α-hetero) is 2. The molecule has 2 aliphatic heterocycles. The summed E-state index contributed by atoms with van der Waals surface area (Å²) in [4.78, 5) is 36.9. The molecule has 1 aromatic rings. The molecule has 0 radical (unpaired) electrons. The van der Waals surface area contributed by atoms with Crippen molar-refractivity contribution in [3.8, 4) is 0 Å². The molecular weight excluding hydrogens is 294 g/mol. The van der Waals surface area contributed by atoms with Gasteiger partial charge >= 0.3 is 5.97 Å². The Hall–Kier alpha value is -2.01. The van der Waals surface area contributed by atoms with Gasteiger partial charge in [-0.2, -0.15) is 0 Å². The van der Waals surface area contributed by atoms with E-state index < -0.39 is 24.0 Å². The Balaban J connectivity index is 1.61. The number of benzene rings is 1. The standard InChI is InChI=1S/C18H21NO4/c20-16(13-8-4-5-11-19-13)15-17(21)14(23-18(15)22)10-9-12-6-2-1-3-7-12/h1-3,6-7,13-15,19H,4-5,8-11H2/t13?,14-,15?/m0/s1. The second-order valence-corrected chi connectivity index (χ2v) is 6.19. The highest BCUT2D eigenvalue weighted by molar-refractivity contribution is 6.22. The smallest absolute Gasteiger partial charge is 0.325 e. The molecule has 5 heteroatoms. The Morgan fingerprint density at radius 2 is 1.96 bits per heavy atom. The van der Waals surface area contributed by atoms with Gasteiger partial charge in [0.1, 0.15) is 0 Å². The molecule has 2 fully saturated rings. The number of cyclic esters (lactones) is 1. The highest BCUT2D eigenvalue weighted by atomic mass is 16.6. The third kappa shape index (κ3) is 3.50. The van der Waals surface area contributed by atoms with Crippen LogP contribution in [0.25, 0.3) is 0 Å². The lowest BCUT2D eigenvalue weighted by molar-refractivity contribution is -0.147. The molecule has 3 atom stereocenters. The minimum atomic E-state index is -1.23. The number of rotatable bonds is 5. The van der Waals surface area contributed by atoms with Gasteiger partial charge in [-0.25, -0.2) is 0 Å². The van der Waals surface area contributed by atoms with E-state index in [0.717, 1.165) is 24.9 Å². The van der Waals surface area contributed by atoms with Crippen molar-refractivity contribution in [3.63, 3.8) is 0 Å². The Labute approximate surface area is 135 Å². The third-order valence-corrected chi connectivity index (χ3v) is 4.57. The van der Waals surface area contributed by atoms with Gasteiger partial charge in [0.25, 0.3) is 0 Å². The fourth-order valence-electron chi connectivity index (χ4n) is 3.26. The van der Waals surface area contributed by atoms with E-state index in [9.17, 15) is 14.4 Å². The molecule has 2 heterocycles. The number of piperidine rings is 1. The molecule has 0 aromatic heterocycles. The molecule has 0 amide bonds. The van der Waals surface area contributed by atoms with E-state index in [2.05, 4.69) is 5.32 Å². The molecule has 0 saturated carbocycles. The maximum Gasteiger partial charge on any atom is 0.325 e. The van der Waals surface area contributed by atoms with Crippen LogP contribution in [0.5, 0.6) is 0 Å². The molecule has 23 heavy (non-hydrogen) atoms. The lowest BCUT2D eigenvalue weighted by Gasteiger charge is -2.23. The van der Waals surface area contributed by atoms with Crippen molar-refractivity contribution in [2.45, 2.75) is 44.2 Å². The first kappa shape index (κ1) is 15.9. The van der Waals surface area contributed by atoms with Crippen molar-refractivity contribution in [1.29, 1.82) is 0 Å². The summed E-state index contributed by atoms with van der Waals surface area (Å²) in [7, 11) is 0. The minimum Gasteiger partial charge on any atom is -0.453 e. The van der Waals surface area contributed by atoms with E-state index in [4.69, 9.17) is 4.74 Å². The zero-order valence-corrected chi connectivity index (χ0v) is 13.0. The van der Waals surface area contributed by atoms with Crippen LogP contribution >= 0.6 is 0 Å². The summed E-state index contributed by atoms with van der Waals surface area (Å²) in [5, 5.41) is 3.10. The van der Waals surface area contributed by atoms with Gasteiger partial charge in [0, 0.05) is 0 Å². The van der Waals surface area contributed by atoms with Crippen LogP contribution in [-0.2, 0) is 25.5 Å². The van der Waals surface area contributed by atoms with Crippen LogP contribution in [0.3, 0.4) is 0 Å². The molecule has 1 aromatic carbocycles. The summed E-state index contributed by atoms with van der Waals surface area (Å²) in [6.45, 7) is 0.754. The average Bonchev–Trinajstić information content (AvgIpc) is 2.88. The van der Waals surface area contributed by atoms with E-state index in [1.54, 1.807) is 0 Å². The van der Waals surface area contributed by atoms with Crippen molar-refractivity contribution in [2.75, 3.05) is 6.54 Å². The molecule has 0 spiro atoms. The molecule has 0 aliphatic carbocycles. The SMILES string of the molecule is O=C1O[C@@H](CCc2ccccc2)C(=O)C1C(=O)C1CCCCN1.